The molecule has 5 rings (SSSR count). The van der Waals surface area contributed by atoms with Gasteiger partial charge >= 0.3 is 0 Å². The maximum atomic E-state index is 13.0. The Bertz CT molecular complexity index is 1240. The third-order valence-corrected chi connectivity index (χ3v) is 7.47. The van der Waals surface area contributed by atoms with E-state index < -0.39 is 11.9 Å². The average molecular weight is 488 g/mol. The van der Waals surface area contributed by atoms with Crippen LogP contribution in [0.1, 0.15) is 76.1 Å². The molecule has 2 aromatic rings. The summed E-state index contributed by atoms with van der Waals surface area (Å²) >= 11 is 0. The molecule has 188 valence electrons. The summed E-state index contributed by atoms with van der Waals surface area (Å²) in [5.74, 6) is -0.131. The van der Waals surface area contributed by atoms with Gasteiger partial charge in [0.25, 0.3) is 5.91 Å². The number of Topliss-reactive ketones (excluding diaryl/α,β-unsaturated/α-hetero) is 1. The van der Waals surface area contributed by atoms with Crippen LogP contribution >= 0.6 is 0 Å². The van der Waals surface area contributed by atoms with Crippen molar-refractivity contribution in [1.82, 2.24) is 15.1 Å². The van der Waals surface area contributed by atoms with E-state index in [1.165, 1.54) is 11.1 Å². The molecule has 0 radical (unpaired) electrons. The number of imide groups is 1. The van der Waals surface area contributed by atoms with Crippen molar-refractivity contribution in [3.63, 3.8) is 0 Å². The molecule has 1 unspecified atom stereocenters. The van der Waals surface area contributed by atoms with Crippen LogP contribution in [-0.2, 0) is 35.5 Å². The van der Waals surface area contributed by atoms with Gasteiger partial charge in [0.15, 0.2) is 5.78 Å². The minimum absolute atomic E-state index is 0.125. The Balaban J connectivity index is 1.22. The first kappa shape index (κ1) is 24.4. The highest BCUT2D eigenvalue weighted by Gasteiger charge is 2.39. The van der Waals surface area contributed by atoms with Gasteiger partial charge in [-0.25, -0.2) is 0 Å². The fraction of sp³-hybridized carbons (Fsp3) is 0.448. The molecule has 3 heterocycles. The monoisotopic (exact) mass is 487 g/mol. The molecule has 3 aliphatic rings. The highest BCUT2D eigenvalue weighted by molar-refractivity contribution is 6.05. The van der Waals surface area contributed by atoms with Crippen LogP contribution in [0.25, 0.3) is 0 Å². The molecular formula is C29H33N3O4. The van der Waals surface area contributed by atoms with E-state index in [4.69, 9.17) is 0 Å². The summed E-state index contributed by atoms with van der Waals surface area (Å²) in [7, 11) is 0. The van der Waals surface area contributed by atoms with Crippen molar-refractivity contribution in [3.8, 4) is 0 Å². The second-order valence-corrected chi connectivity index (χ2v) is 10.7. The molecule has 1 atom stereocenters. The maximum Gasteiger partial charge on any atom is 0.255 e. The molecule has 1 saturated heterocycles. The molecule has 0 spiro atoms. The first-order valence-electron chi connectivity index (χ1n) is 12.9. The summed E-state index contributed by atoms with van der Waals surface area (Å²) in [6.45, 7) is 7.85. The lowest BCUT2D eigenvalue weighted by atomic mass is 9.94. The predicted molar refractivity (Wildman–Crippen MR) is 135 cm³/mol. The first-order chi connectivity index (χ1) is 17.3. The quantitative estimate of drug-likeness (QED) is 0.479. The van der Waals surface area contributed by atoms with Crippen molar-refractivity contribution in [3.05, 3.63) is 69.8 Å². The maximum absolute atomic E-state index is 13.0. The smallest absolute Gasteiger partial charge is 0.255 e. The fourth-order valence-corrected chi connectivity index (χ4v) is 5.65. The number of carbonyl (C=O) groups is 4. The molecule has 36 heavy (non-hydrogen) atoms. The van der Waals surface area contributed by atoms with E-state index in [2.05, 4.69) is 36.2 Å². The summed E-state index contributed by atoms with van der Waals surface area (Å²) in [4.78, 5) is 53.6. The lowest BCUT2D eigenvalue weighted by Crippen LogP contribution is -2.52. The number of ketones is 1. The van der Waals surface area contributed by atoms with Gasteiger partial charge in [-0.05, 0) is 59.6 Å². The normalized spacial score (nSPS) is 19.9. The summed E-state index contributed by atoms with van der Waals surface area (Å²) in [5, 5.41) is 2.33. The predicted octanol–water partition coefficient (Wildman–Crippen LogP) is 3.28. The molecule has 0 saturated carbocycles. The standard InChI is InChI=1S/C29H33N3O4/c1-18(2)15-31-12-11-20-5-6-21(14-22(20)16-31)26(33)9-4-19-3-7-24-23(13-19)17-32(29(24)36)25-8-10-27(34)30-28(25)35/h3,5-7,13-14,18,25H,4,8-12,15-17H2,1-2H3,(H,30,34,35). The minimum Gasteiger partial charge on any atom is -0.322 e. The molecule has 3 aliphatic heterocycles. The van der Waals surface area contributed by atoms with Gasteiger partial charge in [-0.3, -0.25) is 29.4 Å². The first-order valence-corrected chi connectivity index (χ1v) is 12.9. The van der Waals surface area contributed by atoms with E-state index in [0.717, 1.165) is 42.7 Å². The lowest BCUT2D eigenvalue weighted by Gasteiger charge is -2.30. The number of nitrogens with one attached hydrogen (secondary N) is 1. The van der Waals surface area contributed by atoms with Crippen molar-refractivity contribution < 1.29 is 19.2 Å². The van der Waals surface area contributed by atoms with Crippen LogP contribution in [0.15, 0.2) is 36.4 Å². The van der Waals surface area contributed by atoms with Crippen LogP contribution in [0.2, 0.25) is 0 Å². The van der Waals surface area contributed by atoms with E-state index in [-0.39, 0.29) is 24.0 Å². The largest absolute Gasteiger partial charge is 0.322 e. The van der Waals surface area contributed by atoms with Gasteiger partial charge in [0.2, 0.25) is 11.8 Å². The molecule has 1 N–H and O–H groups in total. The molecule has 1 fully saturated rings. The van der Waals surface area contributed by atoms with Crippen molar-refractivity contribution >= 4 is 23.5 Å². The number of rotatable bonds is 7. The highest BCUT2D eigenvalue weighted by Crippen LogP contribution is 2.29. The summed E-state index contributed by atoms with van der Waals surface area (Å²) in [6.07, 6.45) is 2.61. The van der Waals surface area contributed by atoms with Crippen LogP contribution < -0.4 is 5.32 Å². The number of amides is 3. The van der Waals surface area contributed by atoms with E-state index in [0.29, 0.717) is 37.3 Å². The molecular weight excluding hydrogens is 454 g/mol. The molecule has 2 aromatic carbocycles. The van der Waals surface area contributed by atoms with Gasteiger partial charge in [-0.1, -0.05) is 38.1 Å². The Morgan fingerprint density at radius 1 is 1.00 bits per heavy atom. The van der Waals surface area contributed by atoms with Crippen LogP contribution in [-0.4, -0.2) is 52.4 Å². The number of fused-ring (bicyclic) bond motifs is 2. The molecule has 0 aliphatic carbocycles. The summed E-state index contributed by atoms with van der Waals surface area (Å²) in [5.41, 5.74) is 5.83. The minimum atomic E-state index is -0.618. The summed E-state index contributed by atoms with van der Waals surface area (Å²) < 4.78 is 0. The Labute approximate surface area is 211 Å². The van der Waals surface area contributed by atoms with Gasteiger partial charge in [-0.15, -0.1) is 0 Å². The average Bonchev–Trinajstić information content (AvgIpc) is 3.17. The van der Waals surface area contributed by atoms with Gasteiger partial charge in [0, 0.05) is 50.1 Å². The Hall–Kier alpha value is -3.32. The van der Waals surface area contributed by atoms with Crippen molar-refractivity contribution in [1.29, 1.82) is 0 Å². The Morgan fingerprint density at radius 2 is 1.83 bits per heavy atom. The van der Waals surface area contributed by atoms with Gasteiger partial charge in [-0.2, -0.15) is 0 Å². The van der Waals surface area contributed by atoms with E-state index in [1.807, 2.05) is 18.2 Å². The van der Waals surface area contributed by atoms with E-state index in [1.54, 1.807) is 11.0 Å². The van der Waals surface area contributed by atoms with Crippen molar-refractivity contribution in [2.24, 2.45) is 5.92 Å². The number of benzene rings is 2. The zero-order valence-electron chi connectivity index (χ0n) is 21.0. The molecule has 0 bridgehead atoms. The molecule has 7 heteroatoms. The molecule has 0 aromatic heterocycles. The third-order valence-electron chi connectivity index (χ3n) is 7.47. The van der Waals surface area contributed by atoms with Crippen LogP contribution in [0, 0.1) is 5.92 Å². The fourth-order valence-electron chi connectivity index (χ4n) is 5.65. The second-order valence-electron chi connectivity index (χ2n) is 10.7. The van der Waals surface area contributed by atoms with Crippen LogP contribution in [0.5, 0.6) is 0 Å². The van der Waals surface area contributed by atoms with Crippen LogP contribution in [0.3, 0.4) is 0 Å². The number of aryl methyl sites for hydroxylation is 1. The number of piperidine rings is 1. The molecule has 3 amide bonds. The number of hydrogen-bond acceptors (Lipinski definition) is 5. The van der Waals surface area contributed by atoms with Crippen molar-refractivity contribution in [2.45, 2.75) is 65.1 Å². The van der Waals surface area contributed by atoms with Gasteiger partial charge < -0.3 is 4.90 Å². The summed E-state index contributed by atoms with van der Waals surface area (Å²) in [6, 6.07) is 11.2. The van der Waals surface area contributed by atoms with Crippen molar-refractivity contribution in [2.75, 3.05) is 13.1 Å². The van der Waals surface area contributed by atoms with E-state index in [9.17, 15) is 19.2 Å². The zero-order valence-corrected chi connectivity index (χ0v) is 21.0. The van der Waals surface area contributed by atoms with Gasteiger partial charge in [0.1, 0.15) is 6.04 Å². The zero-order chi connectivity index (χ0) is 25.4. The van der Waals surface area contributed by atoms with Crippen LogP contribution in [0.4, 0.5) is 0 Å². The topological polar surface area (TPSA) is 86.8 Å². The Kier molecular flexibility index (Phi) is 6.75. The van der Waals surface area contributed by atoms with E-state index >= 15 is 0 Å². The Morgan fingerprint density at radius 3 is 2.61 bits per heavy atom. The number of carbonyl (C=O) groups excluding carboxylic acids is 4. The molecule has 7 nitrogen and oxygen atoms in total. The number of nitrogens with zero attached hydrogens (tertiary/aromatic N) is 2. The highest BCUT2D eigenvalue weighted by atomic mass is 16.2. The van der Waals surface area contributed by atoms with Gasteiger partial charge in [0.05, 0.1) is 0 Å². The lowest BCUT2D eigenvalue weighted by molar-refractivity contribution is -0.136. The number of hydrogen-bond donors (Lipinski definition) is 1. The SMILES string of the molecule is CC(C)CN1CCc2ccc(C(=O)CCc3ccc4c(c3)CN(C3CCC(=O)NC3=O)C4=O)cc2C1. The second kappa shape index (κ2) is 9.97. The third kappa shape index (κ3) is 4.98.